The lowest BCUT2D eigenvalue weighted by Crippen LogP contribution is -2.42. The van der Waals surface area contributed by atoms with Crippen molar-refractivity contribution in [2.24, 2.45) is 0 Å². The Labute approximate surface area is 207 Å². The minimum absolute atomic E-state index is 0.0245. The molecule has 36 heavy (non-hydrogen) atoms. The number of hydrogen-bond acceptors (Lipinski definition) is 4. The second-order valence-electron chi connectivity index (χ2n) is 9.76. The number of methoxy groups -OCH3 is 1. The van der Waals surface area contributed by atoms with E-state index in [1.165, 1.54) is 13.2 Å². The average molecular weight is 498 g/mol. The van der Waals surface area contributed by atoms with E-state index in [4.69, 9.17) is 9.72 Å². The Balaban J connectivity index is 1.64. The molecule has 190 valence electrons. The first kappa shape index (κ1) is 24.2. The van der Waals surface area contributed by atoms with Gasteiger partial charge in [0.2, 0.25) is 0 Å². The molecule has 1 N–H and O–H groups in total. The van der Waals surface area contributed by atoms with E-state index in [1.54, 1.807) is 4.90 Å². The van der Waals surface area contributed by atoms with Gasteiger partial charge in [-0.25, -0.2) is 18.6 Å². The monoisotopic (exact) mass is 497 g/mol. The number of ether oxygens (including phenoxy) is 1. The van der Waals surface area contributed by atoms with Gasteiger partial charge >= 0.3 is 12.1 Å². The van der Waals surface area contributed by atoms with E-state index < -0.39 is 29.6 Å². The van der Waals surface area contributed by atoms with Crippen LogP contribution in [0.1, 0.15) is 67.9 Å². The minimum Gasteiger partial charge on any atom is -0.481 e. The second kappa shape index (κ2) is 9.52. The van der Waals surface area contributed by atoms with Gasteiger partial charge in [-0.2, -0.15) is 0 Å². The quantitative estimate of drug-likeness (QED) is 0.485. The van der Waals surface area contributed by atoms with Crippen LogP contribution in [0.15, 0.2) is 30.3 Å². The van der Waals surface area contributed by atoms with Crippen molar-refractivity contribution in [2.75, 3.05) is 12.0 Å². The highest BCUT2D eigenvalue weighted by Gasteiger charge is 2.33. The molecule has 0 radical (unpaired) electrons. The van der Waals surface area contributed by atoms with Gasteiger partial charge in [0, 0.05) is 24.1 Å². The summed E-state index contributed by atoms with van der Waals surface area (Å²) in [5.74, 6) is -3.70. The van der Waals surface area contributed by atoms with Crippen molar-refractivity contribution in [3.8, 4) is 0 Å². The summed E-state index contributed by atoms with van der Waals surface area (Å²) in [6, 6.07) is 7.26. The van der Waals surface area contributed by atoms with Crippen LogP contribution in [-0.4, -0.2) is 39.9 Å². The first-order valence-electron chi connectivity index (χ1n) is 12.4. The lowest BCUT2D eigenvalue weighted by molar-refractivity contribution is -0.138. The van der Waals surface area contributed by atoms with E-state index in [0.717, 1.165) is 72.9 Å². The summed E-state index contributed by atoms with van der Waals surface area (Å²) in [7, 11) is 1.36. The second-order valence-corrected chi connectivity index (χ2v) is 9.76. The predicted octanol–water partition coefficient (Wildman–Crippen LogP) is 5.75. The smallest absolute Gasteiger partial charge is 0.414 e. The van der Waals surface area contributed by atoms with Crippen LogP contribution in [-0.2, 0) is 22.4 Å². The van der Waals surface area contributed by atoms with Gasteiger partial charge in [0.05, 0.1) is 29.7 Å². The lowest BCUT2D eigenvalue weighted by Gasteiger charge is -2.34. The maximum Gasteiger partial charge on any atom is 0.414 e. The Morgan fingerprint density at radius 2 is 1.89 bits per heavy atom. The van der Waals surface area contributed by atoms with Crippen molar-refractivity contribution in [1.29, 1.82) is 0 Å². The SMILES string of the molecule is COC(=O)N1c2ccc3c(nc(C[C@H](C(=O)O)c4ccc(F)c(F)c4)n3C3CCCC3)c2CC[C@@H]1C. The fourth-order valence-electron chi connectivity index (χ4n) is 5.80. The number of nitrogens with zero attached hydrogens (tertiary/aromatic N) is 3. The zero-order chi connectivity index (χ0) is 25.6. The molecule has 2 atom stereocenters. The van der Waals surface area contributed by atoms with Gasteiger partial charge < -0.3 is 14.4 Å². The van der Waals surface area contributed by atoms with Crippen LogP contribution >= 0.6 is 0 Å². The third-order valence-electron chi connectivity index (χ3n) is 7.62. The third-order valence-corrected chi connectivity index (χ3v) is 7.62. The molecule has 1 aromatic heterocycles. The summed E-state index contributed by atoms with van der Waals surface area (Å²) in [5.41, 5.74) is 3.55. The van der Waals surface area contributed by atoms with Crippen LogP contribution in [0, 0.1) is 11.6 Å². The number of aryl methyl sites for hydroxylation is 1. The number of carbonyl (C=O) groups is 2. The predicted molar refractivity (Wildman–Crippen MR) is 130 cm³/mol. The molecule has 1 aliphatic carbocycles. The van der Waals surface area contributed by atoms with Gasteiger partial charge in [-0.15, -0.1) is 0 Å². The van der Waals surface area contributed by atoms with Gasteiger partial charge in [-0.05, 0) is 62.4 Å². The molecule has 9 heteroatoms. The zero-order valence-corrected chi connectivity index (χ0v) is 20.3. The molecule has 0 bridgehead atoms. The number of carboxylic acid groups (broad SMARTS) is 1. The number of halogens is 2. The maximum atomic E-state index is 14.0. The fraction of sp³-hybridized carbons (Fsp3) is 0.444. The highest BCUT2D eigenvalue weighted by molar-refractivity contribution is 5.95. The van der Waals surface area contributed by atoms with Crippen LogP contribution < -0.4 is 4.90 Å². The highest BCUT2D eigenvalue weighted by atomic mass is 19.2. The highest BCUT2D eigenvalue weighted by Crippen LogP contribution is 2.40. The van der Waals surface area contributed by atoms with E-state index in [-0.39, 0.29) is 24.1 Å². The zero-order valence-electron chi connectivity index (χ0n) is 20.3. The fourth-order valence-corrected chi connectivity index (χ4v) is 5.80. The van der Waals surface area contributed by atoms with E-state index >= 15 is 0 Å². The van der Waals surface area contributed by atoms with Gasteiger partial charge in [0.1, 0.15) is 5.82 Å². The topological polar surface area (TPSA) is 84.7 Å². The van der Waals surface area contributed by atoms with Crippen molar-refractivity contribution in [2.45, 2.75) is 69.9 Å². The third kappa shape index (κ3) is 4.10. The number of fused-ring (bicyclic) bond motifs is 3. The number of rotatable bonds is 5. The van der Waals surface area contributed by atoms with Crippen LogP contribution in [0.2, 0.25) is 0 Å². The molecule has 1 amide bonds. The van der Waals surface area contributed by atoms with Crippen molar-refractivity contribution < 1.29 is 28.2 Å². The van der Waals surface area contributed by atoms with Gasteiger partial charge in [-0.1, -0.05) is 18.9 Å². The molecule has 0 spiro atoms. The van der Waals surface area contributed by atoms with Crippen LogP contribution in [0.5, 0.6) is 0 Å². The maximum absolute atomic E-state index is 14.0. The van der Waals surface area contributed by atoms with E-state index in [9.17, 15) is 23.5 Å². The van der Waals surface area contributed by atoms with Gasteiger partial charge in [0.15, 0.2) is 11.6 Å². The Hall–Kier alpha value is -3.49. The number of benzene rings is 2. The summed E-state index contributed by atoms with van der Waals surface area (Å²) in [6.45, 7) is 1.98. The minimum atomic E-state index is -1.13. The van der Waals surface area contributed by atoms with E-state index in [1.807, 2.05) is 19.1 Å². The van der Waals surface area contributed by atoms with E-state index in [0.29, 0.717) is 5.82 Å². The molecule has 5 rings (SSSR count). The molecule has 7 nitrogen and oxygen atoms in total. The van der Waals surface area contributed by atoms with Crippen molar-refractivity contribution >= 4 is 28.8 Å². The van der Waals surface area contributed by atoms with Crippen LogP contribution in [0.3, 0.4) is 0 Å². The standard InChI is InChI=1S/C27H29F2N3O4/c1-15-7-9-18-22(31(15)27(35)36-2)11-12-23-25(18)30-24(32(23)17-5-3-4-6-17)14-19(26(33)34)16-8-10-20(28)21(29)13-16/h8,10-13,15,17,19H,3-7,9,14H2,1-2H3,(H,33,34)/t15-,19-/m0/s1. The number of aliphatic carboxylic acids is 1. The number of aromatic nitrogens is 2. The van der Waals surface area contributed by atoms with Crippen molar-refractivity contribution in [3.63, 3.8) is 0 Å². The van der Waals surface area contributed by atoms with Crippen molar-refractivity contribution in [3.05, 3.63) is 58.9 Å². The molecule has 2 aromatic carbocycles. The Kier molecular flexibility index (Phi) is 6.40. The van der Waals surface area contributed by atoms with Crippen LogP contribution in [0.4, 0.5) is 19.3 Å². The Bertz CT molecular complexity index is 1330. The normalized spacial score (nSPS) is 18.9. The summed E-state index contributed by atoms with van der Waals surface area (Å²) in [5, 5.41) is 10.0. The largest absolute Gasteiger partial charge is 0.481 e. The summed E-state index contributed by atoms with van der Waals surface area (Å²) < 4.78 is 34.6. The molecule has 1 saturated carbocycles. The first-order valence-corrected chi connectivity index (χ1v) is 12.4. The van der Waals surface area contributed by atoms with Crippen molar-refractivity contribution in [1.82, 2.24) is 9.55 Å². The number of anilines is 1. The summed E-state index contributed by atoms with van der Waals surface area (Å²) in [6.07, 6.45) is 5.17. The molecular formula is C27H29F2N3O4. The number of imidazole rings is 1. The molecule has 1 aliphatic heterocycles. The molecular weight excluding hydrogens is 468 g/mol. The summed E-state index contributed by atoms with van der Waals surface area (Å²) in [4.78, 5) is 31.4. The Morgan fingerprint density at radius 3 is 2.56 bits per heavy atom. The molecule has 2 aliphatic rings. The molecule has 3 aromatic rings. The van der Waals surface area contributed by atoms with Gasteiger partial charge in [-0.3, -0.25) is 9.69 Å². The molecule has 0 unspecified atom stereocenters. The van der Waals surface area contributed by atoms with Crippen LogP contribution in [0.25, 0.3) is 11.0 Å². The number of carboxylic acids is 1. The number of carbonyl (C=O) groups excluding carboxylic acids is 1. The lowest BCUT2D eigenvalue weighted by atomic mass is 9.95. The molecule has 0 saturated heterocycles. The first-order chi connectivity index (χ1) is 17.3. The number of amides is 1. The Morgan fingerprint density at radius 1 is 1.14 bits per heavy atom. The van der Waals surface area contributed by atoms with Gasteiger partial charge in [0.25, 0.3) is 0 Å². The van der Waals surface area contributed by atoms with E-state index in [2.05, 4.69) is 4.57 Å². The number of hydrogen-bond donors (Lipinski definition) is 1. The summed E-state index contributed by atoms with van der Waals surface area (Å²) >= 11 is 0. The molecule has 2 heterocycles. The average Bonchev–Trinajstić information content (AvgIpc) is 3.51. The molecule has 1 fully saturated rings.